The van der Waals surface area contributed by atoms with Gasteiger partial charge in [-0.1, -0.05) is 38.8 Å². The summed E-state index contributed by atoms with van der Waals surface area (Å²) in [5.41, 5.74) is 2.55. The summed E-state index contributed by atoms with van der Waals surface area (Å²) in [6, 6.07) is 0. The van der Waals surface area contributed by atoms with Crippen molar-refractivity contribution in [3.8, 4) is 0 Å². The van der Waals surface area contributed by atoms with Crippen LogP contribution in [0.3, 0.4) is 0 Å². The van der Waals surface area contributed by atoms with Gasteiger partial charge in [0.25, 0.3) is 0 Å². The van der Waals surface area contributed by atoms with E-state index in [0.29, 0.717) is 10.8 Å². The second-order valence-electron chi connectivity index (χ2n) is 7.42. The lowest BCUT2D eigenvalue weighted by Gasteiger charge is -2.36. The van der Waals surface area contributed by atoms with Crippen LogP contribution in [0.15, 0.2) is 11.6 Å². The Hall–Kier alpha value is -0.300. The average Bonchev–Trinajstić information content (AvgIpc) is 2.74. The molecule has 3 aliphatic carbocycles. The number of aliphatic hydroxyl groups excluding tert-OH is 1. The molecule has 0 aromatic rings. The molecular weight excluding hydrogens is 208 g/mol. The Labute approximate surface area is 105 Å². The lowest BCUT2D eigenvalue weighted by Crippen LogP contribution is -2.28. The van der Waals surface area contributed by atoms with Crippen molar-refractivity contribution >= 4 is 0 Å². The molecule has 3 rings (SSSR count). The largest absolute Gasteiger partial charge is 0.392 e. The highest BCUT2D eigenvalue weighted by molar-refractivity contribution is 5.31. The number of hydrogen-bond donors (Lipinski definition) is 1. The minimum atomic E-state index is 0.237. The number of rotatable bonds is 1. The zero-order valence-electron chi connectivity index (χ0n) is 11.5. The molecule has 1 N–H and O–H groups in total. The molecule has 0 aromatic carbocycles. The van der Waals surface area contributed by atoms with E-state index in [1.165, 1.54) is 32.1 Å². The molecule has 0 aromatic heterocycles. The van der Waals surface area contributed by atoms with Gasteiger partial charge in [0.2, 0.25) is 0 Å². The molecule has 3 aliphatic rings. The van der Waals surface area contributed by atoms with Gasteiger partial charge in [0.1, 0.15) is 0 Å². The topological polar surface area (TPSA) is 20.2 Å². The first-order valence-corrected chi connectivity index (χ1v) is 7.32. The third kappa shape index (κ3) is 1.41. The van der Waals surface area contributed by atoms with Gasteiger partial charge in [-0.15, -0.1) is 0 Å². The lowest BCUT2D eigenvalue weighted by atomic mass is 9.68. The van der Waals surface area contributed by atoms with E-state index in [-0.39, 0.29) is 6.61 Å². The second-order valence-corrected chi connectivity index (χ2v) is 7.42. The third-order valence-corrected chi connectivity index (χ3v) is 6.26. The van der Waals surface area contributed by atoms with Crippen molar-refractivity contribution in [2.24, 2.45) is 28.6 Å². The smallest absolute Gasteiger partial charge is 0.0615 e. The van der Waals surface area contributed by atoms with Crippen LogP contribution in [0.1, 0.15) is 52.9 Å². The van der Waals surface area contributed by atoms with Gasteiger partial charge in [-0.3, -0.25) is 0 Å². The maximum Gasteiger partial charge on any atom is 0.0615 e. The Morgan fingerprint density at radius 1 is 1.24 bits per heavy atom. The molecule has 4 unspecified atom stereocenters. The summed E-state index contributed by atoms with van der Waals surface area (Å²) >= 11 is 0. The van der Waals surface area contributed by atoms with Crippen molar-refractivity contribution in [3.63, 3.8) is 0 Å². The summed E-state index contributed by atoms with van der Waals surface area (Å²) < 4.78 is 0. The monoisotopic (exact) mass is 234 g/mol. The van der Waals surface area contributed by atoms with E-state index >= 15 is 0 Å². The van der Waals surface area contributed by atoms with Crippen LogP contribution in [0.2, 0.25) is 0 Å². The minimum Gasteiger partial charge on any atom is -0.392 e. The molecule has 3 fully saturated rings. The van der Waals surface area contributed by atoms with Crippen molar-refractivity contribution in [1.82, 2.24) is 0 Å². The van der Waals surface area contributed by atoms with Crippen LogP contribution in [-0.2, 0) is 0 Å². The molecule has 1 heteroatoms. The molecule has 0 saturated heterocycles. The molecule has 0 aliphatic heterocycles. The second kappa shape index (κ2) is 3.60. The van der Waals surface area contributed by atoms with Crippen LogP contribution < -0.4 is 0 Å². The summed E-state index contributed by atoms with van der Waals surface area (Å²) in [6.45, 7) is 7.68. The van der Waals surface area contributed by atoms with E-state index in [0.717, 1.165) is 17.8 Å². The van der Waals surface area contributed by atoms with Crippen LogP contribution in [-0.4, -0.2) is 11.7 Å². The highest BCUT2D eigenvalue weighted by Gasteiger charge is 2.62. The highest BCUT2D eigenvalue weighted by atomic mass is 16.2. The normalized spacial score (nSPS) is 49.6. The first kappa shape index (κ1) is 11.8. The molecule has 96 valence electrons. The fraction of sp³-hybridized carbons (Fsp3) is 0.875. The first-order valence-electron chi connectivity index (χ1n) is 7.32. The van der Waals surface area contributed by atoms with E-state index in [2.05, 4.69) is 26.8 Å². The number of allylic oxidation sites excluding steroid dienone is 1. The molecule has 4 bridgehead atoms. The van der Waals surface area contributed by atoms with Gasteiger partial charge in [-0.2, -0.15) is 0 Å². The Morgan fingerprint density at radius 2 is 2.00 bits per heavy atom. The van der Waals surface area contributed by atoms with Crippen LogP contribution in [0.25, 0.3) is 0 Å². The quantitative estimate of drug-likeness (QED) is 0.685. The Balaban J connectivity index is 2.08. The zero-order valence-corrected chi connectivity index (χ0v) is 11.5. The van der Waals surface area contributed by atoms with Crippen LogP contribution in [0.4, 0.5) is 0 Å². The van der Waals surface area contributed by atoms with Crippen molar-refractivity contribution < 1.29 is 5.11 Å². The predicted octanol–water partition coefficient (Wildman–Crippen LogP) is 3.78. The highest BCUT2D eigenvalue weighted by Crippen LogP contribution is 2.70. The molecule has 4 atom stereocenters. The van der Waals surface area contributed by atoms with E-state index in [1.54, 1.807) is 5.57 Å². The molecule has 1 nitrogen and oxygen atoms in total. The molecular formula is C16H26O. The summed E-state index contributed by atoms with van der Waals surface area (Å²) in [7, 11) is 0. The Morgan fingerprint density at radius 3 is 2.71 bits per heavy atom. The van der Waals surface area contributed by atoms with E-state index in [4.69, 9.17) is 0 Å². The summed E-state index contributed by atoms with van der Waals surface area (Å²) in [4.78, 5) is 0. The summed E-state index contributed by atoms with van der Waals surface area (Å²) in [5.74, 6) is 2.56. The lowest BCUT2D eigenvalue weighted by molar-refractivity contribution is 0.141. The predicted molar refractivity (Wildman–Crippen MR) is 70.6 cm³/mol. The van der Waals surface area contributed by atoms with Gasteiger partial charge in [-0.25, -0.2) is 0 Å². The number of aliphatic hydroxyl groups is 1. The standard InChI is InChI=1S/C16H26O/c1-15(2)8-4-9-16(3)12(7-10-17)11-5-6-13(16)14(11)15/h7,11,13-14,17H,4-6,8-10H2,1-3H3. The van der Waals surface area contributed by atoms with Gasteiger partial charge < -0.3 is 5.11 Å². The number of hydrogen-bond acceptors (Lipinski definition) is 1. The fourth-order valence-corrected chi connectivity index (χ4v) is 5.68. The van der Waals surface area contributed by atoms with E-state index in [1.807, 2.05) is 0 Å². The molecule has 17 heavy (non-hydrogen) atoms. The molecule has 0 heterocycles. The Kier molecular flexibility index (Phi) is 2.49. The van der Waals surface area contributed by atoms with E-state index in [9.17, 15) is 5.11 Å². The van der Waals surface area contributed by atoms with Crippen LogP contribution in [0, 0.1) is 28.6 Å². The van der Waals surface area contributed by atoms with Gasteiger partial charge >= 0.3 is 0 Å². The van der Waals surface area contributed by atoms with Crippen LogP contribution >= 0.6 is 0 Å². The molecule has 0 spiro atoms. The van der Waals surface area contributed by atoms with Crippen molar-refractivity contribution in [2.45, 2.75) is 52.9 Å². The van der Waals surface area contributed by atoms with Gasteiger partial charge in [-0.05, 0) is 54.3 Å². The average molecular weight is 234 g/mol. The van der Waals surface area contributed by atoms with Crippen LogP contribution in [0.5, 0.6) is 0 Å². The summed E-state index contributed by atoms with van der Waals surface area (Å²) in [6.07, 6.45) is 9.06. The first-order chi connectivity index (χ1) is 8.00. The third-order valence-electron chi connectivity index (χ3n) is 6.26. The SMILES string of the molecule is CC1(C)CCCC2(C)C(=CCO)C3CCC2C31. The minimum absolute atomic E-state index is 0.237. The van der Waals surface area contributed by atoms with Crippen molar-refractivity contribution in [3.05, 3.63) is 11.6 Å². The van der Waals surface area contributed by atoms with Gasteiger partial charge in [0.05, 0.1) is 6.61 Å². The molecule has 0 radical (unpaired) electrons. The zero-order chi connectivity index (χ0) is 12.3. The molecule has 3 saturated carbocycles. The maximum atomic E-state index is 9.31. The summed E-state index contributed by atoms with van der Waals surface area (Å²) in [5, 5.41) is 9.31. The van der Waals surface area contributed by atoms with E-state index < -0.39 is 0 Å². The van der Waals surface area contributed by atoms with Gasteiger partial charge in [0, 0.05) is 0 Å². The van der Waals surface area contributed by atoms with Crippen molar-refractivity contribution in [2.75, 3.05) is 6.61 Å². The van der Waals surface area contributed by atoms with Gasteiger partial charge in [0.15, 0.2) is 0 Å². The fourth-order valence-electron chi connectivity index (χ4n) is 5.68. The van der Waals surface area contributed by atoms with Crippen molar-refractivity contribution in [1.29, 1.82) is 0 Å². The molecule has 0 amide bonds. The Bertz CT molecular complexity index is 355. The maximum absolute atomic E-state index is 9.31.